The number of amides is 3. The quantitative estimate of drug-likeness (QED) is 0.0422. The van der Waals surface area contributed by atoms with Crippen molar-refractivity contribution in [3.8, 4) is 0 Å². The van der Waals surface area contributed by atoms with Gasteiger partial charge in [-0.2, -0.15) is 0 Å². The number of carboxylic acids is 2. The summed E-state index contributed by atoms with van der Waals surface area (Å²) < 4.78 is 21.7. The van der Waals surface area contributed by atoms with Gasteiger partial charge in [-0.1, -0.05) is 77.0 Å². The third-order valence-corrected chi connectivity index (χ3v) is 11.8. The highest BCUT2D eigenvalue weighted by Gasteiger charge is 2.32. The second-order valence-corrected chi connectivity index (χ2v) is 18.7. The third-order valence-electron chi connectivity index (χ3n) is 11.8. The molecule has 0 spiro atoms. The van der Waals surface area contributed by atoms with Crippen LogP contribution in [0.15, 0.2) is 12.5 Å². The van der Waals surface area contributed by atoms with Crippen molar-refractivity contribution in [3.05, 3.63) is 18.2 Å². The molecule has 0 bridgehead atoms. The number of aromatic amines is 1. The van der Waals surface area contributed by atoms with Crippen LogP contribution in [0, 0.1) is 0 Å². The van der Waals surface area contributed by atoms with Crippen molar-refractivity contribution in [2.75, 3.05) is 72.5 Å². The van der Waals surface area contributed by atoms with Crippen molar-refractivity contribution in [1.82, 2.24) is 31.2 Å². The van der Waals surface area contributed by atoms with Gasteiger partial charge in [-0.05, 0) is 52.4 Å². The predicted molar refractivity (Wildman–Crippen MR) is 270 cm³/mol. The first-order chi connectivity index (χ1) is 34.6. The number of Topliss-reactive ketones (excluding diaryl/α,β-unsaturated/α-hetero) is 3. The van der Waals surface area contributed by atoms with Crippen molar-refractivity contribution in [1.29, 1.82) is 0 Å². The summed E-state index contributed by atoms with van der Waals surface area (Å²) in [5, 5.41) is 28.7. The molecule has 0 fully saturated rings. The lowest BCUT2D eigenvalue weighted by Crippen LogP contribution is -2.57. The van der Waals surface area contributed by atoms with Gasteiger partial charge in [0.2, 0.25) is 17.7 Å². The summed E-state index contributed by atoms with van der Waals surface area (Å²) in [6.07, 6.45) is 22.2. The maximum atomic E-state index is 13.1. The fourth-order valence-electron chi connectivity index (χ4n) is 7.47. The number of imidazole rings is 1. The number of nitrogens with two attached hydrogens (primary N) is 1. The fourth-order valence-corrected chi connectivity index (χ4v) is 7.47. The minimum atomic E-state index is -1.31. The molecule has 0 aliphatic heterocycles. The highest BCUT2D eigenvalue weighted by atomic mass is 16.5. The molecule has 0 saturated carbocycles. The van der Waals surface area contributed by atoms with Gasteiger partial charge in [0.05, 0.1) is 69.9 Å². The topological polar surface area (TPSA) is 317 Å². The van der Waals surface area contributed by atoms with E-state index in [0.717, 1.165) is 32.1 Å². The van der Waals surface area contributed by atoms with E-state index in [1.807, 2.05) is 0 Å². The van der Waals surface area contributed by atoms with Crippen LogP contribution in [-0.4, -0.2) is 157 Å². The summed E-state index contributed by atoms with van der Waals surface area (Å²) in [4.78, 5) is 103. The maximum absolute atomic E-state index is 13.1. The zero-order valence-electron chi connectivity index (χ0n) is 43.4. The molecule has 1 rings (SSSR count). The molecule has 3 amide bonds. The van der Waals surface area contributed by atoms with Crippen molar-refractivity contribution in [2.45, 2.75) is 186 Å². The Balaban J connectivity index is 2.01. The number of H-pyrrole nitrogens is 1. The van der Waals surface area contributed by atoms with Gasteiger partial charge < -0.3 is 61.1 Å². The minimum Gasteiger partial charge on any atom is -0.481 e. The van der Waals surface area contributed by atoms with Crippen molar-refractivity contribution in [2.24, 2.45) is 5.73 Å². The van der Waals surface area contributed by atoms with Crippen LogP contribution in [-0.2, 0) is 63.7 Å². The molecule has 21 nitrogen and oxygen atoms in total. The molecular weight excluding hydrogens is 935 g/mol. The molecule has 72 heavy (non-hydrogen) atoms. The number of unbranched alkanes of at least 4 members (excludes halogenated alkanes) is 14. The molecule has 0 saturated heterocycles. The number of nitrogens with one attached hydrogen (secondary N) is 5. The van der Waals surface area contributed by atoms with E-state index in [1.165, 1.54) is 78.0 Å². The Kier molecular flexibility index (Phi) is 38.8. The highest BCUT2D eigenvalue weighted by molar-refractivity contribution is 5.95. The number of ether oxygens (including phenoxy) is 4. The van der Waals surface area contributed by atoms with Gasteiger partial charge in [0.25, 0.3) is 0 Å². The number of carbonyl (C=O) groups is 8. The largest absolute Gasteiger partial charge is 0.481 e. The van der Waals surface area contributed by atoms with Crippen LogP contribution < -0.4 is 27.0 Å². The SMILES string of the molecule is CC(C)(NC(=O)[C@@H](N)Cc1cnc[nH]1)C(=O)CN[C@@H](CCCCNC(=O)COCCOCCNC(=O)COCCOCCCC(=O)CCCCCCCCCCCCCCCCC(=O)O)C(=O)CCC(=O)O. The van der Waals surface area contributed by atoms with E-state index in [4.69, 9.17) is 34.9 Å². The summed E-state index contributed by atoms with van der Waals surface area (Å²) in [6, 6.07) is -1.74. The molecule has 412 valence electrons. The first-order valence-electron chi connectivity index (χ1n) is 26.2. The van der Waals surface area contributed by atoms with E-state index in [9.17, 15) is 38.4 Å². The van der Waals surface area contributed by atoms with Crippen molar-refractivity contribution in [3.63, 3.8) is 0 Å². The lowest BCUT2D eigenvalue weighted by Gasteiger charge is -2.27. The minimum absolute atomic E-state index is 0.116. The molecule has 1 heterocycles. The standard InChI is InChI=1S/C51H89N7O14/c1-51(2,58-50(68)42(52)34-40-35-53-39-57-40)45(61)36-56-43(44(60)24-25-49(66)67)22-17-18-26-54-46(62)37-72-33-31-70-29-27-55-47(63)38-71-32-30-69-28-19-21-41(59)20-15-13-11-9-7-5-3-4-6-8-10-12-14-16-23-48(64)65/h35,39,42-43,56H,3-34,36-38,52H2,1-2H3,(H,53,57)(H,54,62)(H,55,63)(H,58,68)(H,64,65)(H,66,67)/t42-,43-/m0/s1. The van der Waals surface area contributed by atoms with E-state index in [1.54, 1.807) is 6.20 Å². The van der Waals surface area contributed by atoms with Gasteiger partial charge in [0.15, 0.2) is 5.78 Å². The molecule has 9 N–H and O–H groups in total. The number of aromatic nitrogens is 2. The van der Waals surface area contributed by atoms with Crippen LogP contribution in [0.2, 0.25) is 0 Å². The van der Waals surface area contributed by atoms with Gasteiger partial charge in [0, 0.05) is 63.7 Å². The smallest absolute Gasteiger partial charge is 0.303 e. The molecule has 1 aromatic heterocycles. The molecule has 0 unspecified atom stereocenters. The summed E-state index contributed by atoms with van der Waals surface area (Å²) in [6.45, 7) is 4.74. The average molecular weight is 1020 g/mol. The van der Waals surface area contributed by atoms with Crippen LogP contribution >= 0.6 is 0 Å². The predicted octanol–water partition coefficient (Wildman–Crippen LogP) is 4.28. The number of aliphatic carboxylic acids is 2. The lowest BCUT2D eigenvalue weighted by molar-refractivity contribution is -0.139. The average Bonchev–Trinajstić information content (AvgIpc) is 3.85. The van der Waals surface area contributed by atoms with Crippen LogP contribution in [0.5, 0.6) is 0 Å². The van der Waals surface area contributed by atoms with E-state index in [0.29, 0.717) is 64.0 Å². The van der Waals surface area contributed by atoms with Gasteiger partial charge in [-0.25, -0.2) is 4.98 Å². The Labute approximate surface area is 426 Å². The monoisotopic (exact) mass is 1020 g/mol. The zero-order chi connectivity index (χ0) is 53.1. The number of hydrogen-bond acceptors (Lipinski definition) is 15. The maximum Gasteiger partial charge on any atom is 0.303 e. The molecular formula is C51H89N7O14. The normalized spacial score (nSPS) is 12.3. The number of carboxylic acid groups (broad SMARTS) is 2. The van der Waals surface area contributed by atoms with Gasteiger partial charge >= 0.3 is 11.9 Å². The first kappa shape index (κ1) is 65.3. The van der Waals surface area contributed by atoms with Gasteiger partial charge in [0.1, 0.15) is 24.8 Å². The van der Waals surface area contributed by atoms with Crippen molar-refractivity contribution < 1.29 is 67.5 Å². The Morgan fingerprint density at radius 1 is 0.611 bits per heavy atom. The molecule has 0 aromatic carbocycles. The molecule has 0 aliphatic carbocycles. The van der Waals surface area contributed by atoms with Gasteiger partial charge in [-0.15, -0.1) is 0 Å². The zero-order valence-corrected chi connectivity index (χ0v) is 43.4. The Morgan fingerprint density at radius 2 is 1.12 bits per heavy atom. The van der Waals surface area contributed by atoms with Crippen LogP contribution in [0.4, 0.5) is 0 Å². The third kappa shape index (κ3) is 38.0. The Morgan fingerprint density at radius 3 is 1.68 bits per heavy atom. The number of ketones is 3. The lowest BCUT2D eigenvalue weighted by atomic mass is 9.96. The number of rotatable bonds is 51. The highest BCUT2D eigenvalue weighted by Crippen LogP contribution is 2.15. The molecule has 1 aromatic rings. The number of hydrogen-bond donors (Lipinski definition) is 8. The molecule has 21 heteroatoms. The fraction of sp³-hybridized carbons (Fsp3) is 0.784. The van der Waals surface area contributed by atoms with Crippen LogP contribution in [0.1, 0.15) is 167 Å². The summed E-state index contributed by atoms with van der Waals surface area (Å²) in [5.41, 5.74) is 5.36. The second kappa shape index (κ2) is 42.8. The van der Waals surface area contributed by atoms with Crippen LogP contribution in [0.3, 0.4) is 0 Å². The van der Waals surface area contributed by atoms with E-state index < -0.39 is 41.3 Å². The van der Waals surface area contributed by atoms with E-state index >= 15 is 0 Å². The van der Waals surface area contributed by atoms with Gasteiger partial charge in [-0.3, -0.25) is 38.4 Å². The Hall–Kier alpha value is -4.67. The summed E-state index contributed by atoms with van der Waals surface area (Å²) >= 11 is 0. The Bertz CT molecular complexity index is 1660. The molecule has 0 radical (unpaired) electrons. The molecule has 2 atom stereocenters. The number of carbonyl (C=O) groups excluding carboxylic acids is 6. The van der Waals surface area contributed by atoms with Crippen LogP contribution in [0.25, 0.3) is 0 Å². The van der Waals surface area contributed by atoms with Crippen molar-refractivity contribution >= 4 is 47.0 Å². The summed E-state index contributed by atoms with van der Waals surface area (Å²) in [5.74, 6) is -3.48. The second-order valence-electron chi connectivity index (χ2n) is 18.7. The summed E-state index contributed by atoms with van der Waals surface area (Å²) in [7, 11) is 0. The number of nitrogens with zero attached hydrogens (tertiary/aromatic N) is 1. The molecule has 0 aliphatic rings. The van der Waals surface area contributed by atoms with E-state index in [2.05, 4.69) is 31.2 Å². The first-order valence-corrected chi connectivity index (χ1v) is 26.2. The van der Waals surface area contributed by atoms with E-state index in [-0.39, 0.29) is 102 Å².